The number of pyridine rings is 2. The summed E-state index contributed by atoms with van der Waals surface area (Å²) >= 11 is 0. The van der Waals surface area contributed by atoms with E-state index in [1.54, 1.807) is 22.9 Å². The van der Waals surface area contributed by atoms with Gasteiger partial charge in [-0.1, -0.05) is 13.8 Å². The molecular weight excluding hydrogens is 314 g/mol. The number of carbonyl (C=O) groups excluding carboxylic acids is 1. The van der Waals surface area contributed by atoms with Crippen LogP contribution in [0.1, 0.15) is 26.3 Å². The number of hydrogen-bond acceptors (Lipinski definition) is 3. The van der Waals surface area contributed by atoms with E-state index in [1.807, 2.05) is 24.5 Å². The summed E-state index contributed by atoms with van der Waals surface area (Å²) in [6, 6.07) is 5.44. The minimum atomic E-state index is -0.00166. The third-order valence-electron chi connectivity index (χ3n) is 3.94. The smallest absolute Gasteiger partial charge is 0.250 e. The van der Waals surface area contributed by atoms with Gasteiger partial charge >= 0.3 is 0 Å². The van der Waals surface area contributed by atoms with Crippen molar-refractivity contribution in [2.24, 2.45) is 5.92 Å². The van der Waals surface area contributed by atoms with Crippen molar-refractivity contribution in [3.8, 4) is 11.1 Å². The summed E-state index contributed by atoms with van der Waals surface area (Å²) in [5.74, 6) is 0.390. The predicted octanol–water partition coefficient (Wildman–Crippen LogP) is 3.65. The fourth-order valence-electron chi connectivity index (χ4n) is 2.76. The third kappa shape index (κ3) is 3.76. The molecule has 0 atom stereocenters. The summed E-state index contributed by atoms with van der Waals surface area (Å²) in [4.78, 5) is 30.8. The second kappa shape index (κ2) is 6.89. The van der Waals surface area contributed by atoms with Crippen LogP contribution in [0, 0.1) is 5.92 Å². The Morgan fingerprint density at radius 2 is 2.12 bits per heavy atom. The molecule has 0 amide bonds. The summed E-state index contributed by atoms with van der Waals surface area (Å²) in [6.45, 7) is 6.37. The largest absolute Gasteiger partial charge is 0.346 e. The van der Waals surface area contributed by atoms with Crippen molar-refractivity contribution < 1.29 is 4.79 Å². The number of nitrogens with one attached hydrogen (secondary N) is 1. The lowest BCUT2D eigenvalue weighted by molar-refractivity contribution is -0.112. The summed E-state index contributed by atoms with van der Waals surface area (Å²) in [5, 5.41) is 0.941. The van der Waals surface area contributed by atoms with Crippen LogP contribution in [-0.2, 0) is 11.3 Å². The molecule has 0 spiro atoms. The summed E-state index contributed by atoms with van der Waals surface area (Å²) in [6.07, 6.45) is 8.82. The molecule has 5 heteroatoms. The van der Waals surface area contributed by atoms with Gasteiger partial charge in [0.1, 0.15) is 5.65 Å². The number of hydrogen-bond donors (Lipinski definition) is 1. The molecule has 3 aromatic rings. The van der Waals surface area contributed by atoms with Crippen molar-refractivity contribution in [3.63, 3.8) is 0 Å². The molecule has 0 aromatic carbocycles. The highest BCUT2D eigenvalue weighted by Crippen LogP contribution is 2.25. The molecule has 5 nitrogen and oxygen atoms in total. The van der Waals surface area contributed by atoms with Crippen LogP contribution in [0.3, 0.4) is 0 Å². The molecule has 1 N–H and O–H groups in total. The van der Waals surface area contributed by atoms with Gasteiger partial charge in [0.15, 0.2) is 5.78 Å². The van der Waals surface area contributed by atoms with Gasteiger partial charge in [0, 0.05) is 47.7 Å². The van der Waals surface area contributed by atoms with Crippen LogP contribution < -0.4 is 5.56 Å². The first-order chi connectivity index (χ1) is 11.9. The van der Waals surface area contributed by atoms with E-state index in [0.29, 0.717) is 12.5 Å². The number of allylic oxidation sites excluding steroid dienone is 1. The Labute approximate surface area is 146 Å². The minimum absolute atomic E-state index is 0.000717. The molecular formula is C20H21N3O2. The molecule has 3 heterocycles. The monoisotopic (exact) mass is 335 g/mol. The third-order valence-corrected chi connectivity index (χ3v) is 3.94. The van der Waals surface area contributed by atoms with Crippen molar-refractivity contribution in [1.29, 1.82) is 0 Å². The SMILES string of the molecule is CC(=O)/C=C/c1c[nH]c2ncc(-c3ccc(=O)n(CC(C)C)c3)cc12. The van der Waals surface area contributed by atoms with E-state index >= 15 is 0 Å². The Kier molecular flexibility index (Phi) is 4.65. The molecule has 0 bridgehead atoms. The van der Waals surface area contributed by atoms with Gasteiger partial charge in [0.2, 0.25) is 0 Å². The van der Waals surface area contributed by atoms with Gasteiger partial charge in [0.05, 0.1) is 0 Å². The summed E-state index contributed by atoms with van der Waals surface area (Å²) in [7, 11) is 0. The molecule has 0 saturated carbocycles. The van der Waals surface area contributed by atoms with Gasteiger partial charge in [-0.25, -0.2) is 4.98 Å². The molecule has 0 saturated heterocycles. The lowest BCUT2D eigenvalue weighted by atomic mass is 10.1. The standard InChI is InChI=1S/C20H21N3O2/c1-13(2)11-23-12-16(6-7-19(23)25)17-8-18-15(5-4-14(3)24)9-21-20(18)22-10-17/h4-10,12-13H,11H2,1-3H3,(H,21,22)/b5-4+. The van der Waals surface area contributed by atoms with Gasteiger partial charge in [-0.3, -0.25) is 9.59 Å². The molecule has 3 aromatic heterocycles. The van der Waals surface area contributed by atoms with Crippen LogP contribution in [0.2, 0.25) is 0 Å². The van der Waals surface area contributed by atoms with Crippen molar-refractivity contribution in [3.05, 3.63) is 58.8 Å². The Balaban J connectivity index is 2.05. The number of ketones is 1. The maximum atomic E-state index is 12.0. The maximum absolute atomic E-state index is 12.0. The van der Waals surface area contributed by atoms with E-state index in [1.165, 1.54) is 13.0 Å². The molecule has 0 radical (unpaired) electrons. The topological polar surface area (TPSA) is 67.8 Å². The van der Waals surface area contributed by atoms with Crippen molar-refractivity contribution in [2.45, 2.75) is 27.3 Å². The quantitative estimate of drug-likeness (QED) is 0.724. The first-order valence-electron chi connectivity index (χ1n) is 8.30. The van der Waals surface area contributed by atoms with Crippen LogP contribution >= 0.6 is 0 Å². The van der Waals surface area contributed by atoms with E-state index in [9.17, 15) is 9.59 Å². The Hall–Kier alpha value is -2.95. The molecule has 3 rings (SSSR count). The molecule has 0 aliphatic rings. The Morgan fingerprint density at radius 3 is 2.84 bits per heavy atom. The lowest BCUT2D eigenvalue weighted by Gasteiger charge is -2.10. The first-order valence-corrected chi connectivity index (χ1v) is 8.30. The van der Waals surface area contributed by atoms with E-state index in [0.717, 1.165) is 27.7 Å². The van der Waals surface area contributed by atoms with E-state index in [2.05, 4.69) is 23.8 Å². The number of aromatic nitrogens is 3. The Morgan fingerprint density at radius 1 is 1.32 bits per heavy atom. The van der Waals surface area contributed by atoms with E-state index in [4.69, 9.17) is 0 Å². The van der Waals surface area contributed by atoms with Gasteiger partial charge < -0.3 is 9.55 Å². The second-order valence-corrected chi connectivity index (χ2v) is 6.61. The van der Waals surface area contributed by atoms with Crippen LogP contribution in [0.25, 0.3) is 28.2 Å². The highest BCUT2D eigenvalue weighted by molar-refractivity contribution is 5.96. The number of H-pyrrole nitrogens is 1. The zero-order chi connectivity index (χ0) is 18.0. The fraction of sp³-hybridized carbons (Fsp3) is 0.250. The fourth-order valence-corrected chi connectivity index (χ4v) is 2.76. The maximum Gasteiger partial charge on any atom is 0.250 e. The molecule has 0 unspecified atom stereocenters. The van der Waals surface area contributed by atoms with Crippen LogP contribution in [0.15, 0.2) is 47.7 Å². The molecule has 0 aliphatic carbocycles. The van der Waals surface area contributed by atoms with Crippen molar-refractivity contribution in [2.75, 3.05) is 0 Å². The number of nitrogens with zero attached hydrogens (tertiary/aromatic N) is 2. The van der Waals surface area contributed by atoms with Gasteiger partial charge in [-0.05, 0) is 42.7 Å². The normalized spacial score (nSPS) is 11.7. The number of carbonyl (C=O) groups is 1. The minimum Gasteiger partial charge on any atom is -0.346 e. The average molecular weight is 335 g/mol. The zero-order valence-electron chi connectivity index (χ0n) is 14.6. The number of rotatable bonds is 5. The van der Waals surface area contributed by atoms with Gasteiger partial charge in [-0.15, -0.1) is 0 Å². The Bertz CT molecular complexity index is 1010. The first kappa shape index (κ1) is 16.9. The van der Waals surface area contributed by atoms with Gasteiger partial charge in [-0.2, -0.15) is 0 Å². The van der Waals surface area contributed by atoms with Crippen LogP contribution in [0.4, 0.5) is 0 Å². The number of fused-ring (bicyclic) bond motifs is 1. The van der Waals surface area contributed by atoms with E-state index < -0.39 is 0 Å². The average Bonchev–Trinajstić information content (AvgIpc) is 2.97. The molecule has 0 fully saturated rings. The zero-order valence-corrected chi connectivity index (χ0v) is 14.6. The molecule has 0 aliphatic heterocycles. The van der Waals surface area contributed by atoms with Gasteiger partial charge in [0.25, 0.3) is 5.56 Å². The summed E-state index contributed by atoms with van der Waals surface area (Å²) < 4.78 is 1.73. The lowest BCUT2D eigenvalue weighted by Crippen LogP contribution is -2.20. The van der Waals surface area contributed by atoms with Crippen molar-refractivity contribution in [1.82, 2.24) is 14.5 Å². The van der Waals surface area contributed by atoms with Crippen LogP contribution in [-0.4, -0.2) is 20.3 Å². The second-order valence-electron chi connectivity index (χ2n) is 6.61. The van der Waals surface area contributed by atoms with E-state index in [-0.39, 0.29) is 11.3 Å². The molecule has 25 heavy (non-hydrogen) atoms. The summed E-state index contributed by atoms with van der Waals surface area (Å²) in [5.41, 5.74) is 3.55. The highest BCUT2D eigenvalue weighted by atomic mass is 16.1. The number of aromatic amines is 1. The van der Waals surface area contributed by atoms with Crippen LogP contribution in [0.5, 0.6) is 0 Å². The predicted molar refractivity (Wildman–Crippen MR) is 100 cm³/mol. The van der Waals surface area contributed by atoms with Crippen molar-refractivity contribution >= 4 is 22.9 Å². The highest BCUT2D eigenvalue weighted by Gasteiger charge is 2.08. The molecule has 128 valence electrons.